The third-order valence-electron chi connectivity index (χ3n) is 3.47. The van der Waals surface area contributed by atoms with Crippen LogP contribution in [0.25, 0.3) is 9.75 Å². The number of nitrogens with two attached hydrogens (primary N) is 1. The van der Waals surface area contributed by atoms with Gasteiger partial charge in [-0.05, 0) is 62.6 Å². The van der Waals surface area contributed by atoms with Crippen molar-refractivity contribution in [2.75, 3.05) is 39.3 Å². The molecule has 2 heterocycles. The lowest BCUT2D eigenvalue weighted by Crippen LogP contribution is -2.30. The molecule has 2 aromatic heterocycles. The summed E-state index contributed by atoms with van der Waals surface area (Å²) in [5.41, 5.74) is 5.44. The molecule has 0 radical (unpaired) electrons. The first-order valence-electron chi connectivity index (χ1n) is 8.35. The van der Waals surface area contributed by atoms with Crippen LogP contribution in [0, 0.1) is 0 Å². The van der Waals surface area contributed by atoms with Gasteiger partial charge >= 0.3 is 0 Å². The quantitative estimate of drug-likeness (QED) is 0.418. The number of thiophene rings is 2. The average Bonchev–Trinajstić information content (AvgIpc) is 3.23. The van der Waals surface area contributed by atoms with Gasteiger partial charge in [0, 0.05) is 34.3 Å². The van der Waals surface area contributed by atoms with Gasteiger partial charge in [-0.15, -0.1) is 22.7 Å². The van der Waals surface area contributed by atoms with Crippen LogP contribution in [0.4, 0.5) is 0 Å². The van der Waals surface area contributed by atoms with Crippen LogP contribution in [0.3, 0.4) is 0 Å². The molecule has 0 aliphatic carbocycles. The molecule has 0 bridgehead atoms. The van der Waals surface area contributed by atoms with Crippen LogP contribution in [0.15, 0.2) is 29.6 Å². The van der Waals surface area contributed by atoms with E-state index in [0.717, 1.165) is 58.7 Å². The Balaban J connectivity index is 1.45. The van der Waals surface area contributed by atoms with Crippen molar-refractivity contribution >= 4 is 22.7 Å². The Bertz CT molecular complexity index is 510. The number of hydrogen-bond donors (Lipinski definition) is 4. The van der Waals surface area contributed by atoms with Crippen molar-refractivity contribution in [1.82, 2.24) is 16.0 Å². The zero-order chi connectivity index (χ0) is 16.2. The highest BCUT2D eigenvalue weighted by Crippen LogP contribution is 2.31. The molecular formula is C17H28N4S2. The third kappa shape index (κ3) is 7.56. The largest absolute Gasteiger partial charge is 0.330 e. The second-order valence-electron chi connectivity index (χ2n) is 5.42. The van der Waals surface area contributed by atoms with Crippen LogP contribution in [0.5, 0.6) is 0 Å². The van der Waals surface area contributed by atoms with Crippen molar-refractivity contribution in [3.8, 4) is 9.75 Å². The van der Waals surface area contributed by atoms with Crippen molar-refractivity contribution in [2.45, 2.75) is 19.4 Å². The van der Waals surface area contributed by atoms with Crippen LogP contribution in [0.2, 0.25) is 0 Å². The van der Waals surface area contributed by atoms with E-state index < -0.39 is 0 Å². The molecule has 0 saturated carbocycles. The molecule has 0 unspecified atom stereocenters. The highest BCUT2D eigenvalue weighted by Gasteiger charge is 2.03. The summed E-state index contributed by atoms with van der Waals surface area (Å²) in [6.45, 7) is 6.93. The van der Waals surface area contributed by atoms with E-state index in [4.69, 9.17) is 5.73 Å². The van der Waals surface area contributed by atoms with Crippen molar-refractivity contribution < 1.29 is 0 Å². The van der Waals surface area contributed by atoms with Crippen molar-refractivity contribution in [3.05, 3.63) is 34.5 Å². The van der Waals surface area contributed by atoms with Crippen LogP contribution in [-0.2, 0) is 6.54 Å². The first kappa shape index (κ1) is 18.6. The van der Waals surface area contributed by atoms with Gasteiger partial charge < -0.3 is 21.7 Å². The molecule has 0 aromatic carbocycles. The molecule has 0 aliphatic rings. The summed E-state index contributed by atoms with van der Waals surface area (Å²) in [4.78, 5) is 4.15. The predicted molar refractivity (Wildman–Crippen MR) is 103 cm³/mol. The normalized spacial score (nSPS) is 11.2. The molecule has 0 aliphatic heterocycles. The van der Waals surface area contributed by atoms with E-state index in [-0.39, 0.29) is 0 Å². The van der Waals surface area contributed by atoms with E-state index in [1.165, 1.54) is 14.6 Å². The molecule has 5 N–H and O–H groups in total. The maximum Gasteiger partial charge on any atom is 0.0445 e. The molecule has 0 amide bonds. The monoisotopic (exact) mass is 352 g/mol. The minimum Gasteiger partial charge on any atom is -0.330 e. The molecule has 2 aromatic rings. The summed E-state index contributed by atoms with van der Waals surface area (Å²) in [7, 11) is 0. The Morgan fingerprint density at radius 2 is 1.61 bits per heavy atom. The molecule has 6 heteroatoms. The molecular weight excluding hydrogens is 324 g/mol. The van der Waals surface area contributed by atoms with E-state index >= 15 is 0 Å². The maximum absolute atomic E-state index is 5.44. The molecule has 0 spiro atoms. The second kappa shape index (κ2) is 11.7. The van der Waals surface area contributed by atoms with Gasteiger partial charge in [0.25, 0.3) is 0 Å². The fourth-order valence-corrected chi connectivity index (χ4v) is 4.04. The van der Waals surface area contributed by atoms with Crippen LogP contribution < -0.4 is 21.7 Å². The topological polar surface area (TPSA) is 62.1 Å². The summed E-state index contributed by atoms with van der Waals surface area (Å²) in [6, 6.07) is 8.76. The van der Waals surface area contributed by atoms with Crippen molar-refractivity contribution in [1.29, 1.82) is 0 Å². The zero-order valence-electron chi connectivity index (χ0n) is 13.6. The Morgan fingerprint density at radius 3 is 2.35 bits per heavy atom. The molecule has 128 valence electrons. The highest BCUT2D eigenvalue weighted by molar-refractivity contribution is 7.21. The molecule has 4 nitrogen and oxygen atoms in total. The second-order valence-corrected chi connectivity index (χ2v) is 7.53. The third-order valence-corrected chi connectivity index (χ3v) is 5.62. The maximum atomic E-state index is 5.44. The van der Waals surface area contributed by atoms with Gasteiger partial charge in [-0.3, -0.25) is 0 Å². The lowest BCUT2D eigenvalue weighted by atomic mass is 10.3. The summed E-state index contributed by atoms with van der Waals surface area (Å²) >= 11 is 3.69. The molecule has 0 fully saturated rings. The van der Waals surface area contributed by atoms with E-state index in [1.54, 1.807) is 11.3 Å². The Hall–Kier alpha value is -0.760. The molecule has 0 atom stereocenters. The standard InChI is InChI=1S/C17H28N4S2/c18-7-2-8-19-11-12-20-9-3-10-21-14-15-5-6-17(23-15)16-4-1-13-22-16/h1,4-6,13,19-21H,2-3,7-12,14,18H2. The van der Waals surface area contributed by atoms with Crippen molar-refractivity contribution in [2.24, 2.45) is 5.73 Å². The van der Waals surface area contributed by atoms with Gasteiger partial charge in [0.05, 0.1) is 0 Å². The molecule has 0 saturated heterocycles. The van der Waals surface area contributed by atoms with Gasteiger partial charge in [0.2, 0.25) is 0 Å². The van der Waals surface area contributed by atoms with E-state index in [0.29, 0.717) is 0 Å². The predicted octanol–water partition coefficient (Wildman–Crippen LogP) is 2.48. The van der Waals surface area contributed by atoms with E-state index in [1.807, 2.05) is 11.3 Å². The first-order valence-corrected chi connectivity index (χ1v) is 10.0. The molecule has 2 rings (SSSR count). The van der Waals surface area contributed by atoms with Crippen LogP contribution >= 0.6 is 22.7 Å². The lowest BCUT2D eigenvalue weighted by Gasteiger charge is -2.06. The number of rotatable bonds is 13. The summed E-state index contributed by atoms with van der Waals surface area (Å²) in [5, 5.41) is 12.5. The summed E-state index contributed by atoms with van der Waals surface area (Å²) < 4.78 is 0. The van der Waals surface area contributed by atoms with Gasteiger partial charge in [-0.25, -0.2) is 0 Å². The van der Waals surface area contributed by atoms with Gasteiger partial charge in [-0.2, -0.15) is 0 Å². The minimum atomic E-state index is 0.769. The van der Waals surface area contributed by atoms with Gasteiger partial charge in [0.15, 0.2) is 0 Å². The van der Waals surface area contributed by atoms with Crippen molar-refractivity contribution in [3.63, 3.8) is 0 Å². The van der Waals surface area contributed by atoms with E-state index in [2.05, 4.69) is 45.6 Å². The first-order chi connectivity index (χ1) is 11.4. The van der Waals surface area contributed by atoms with Crippen LogP contribution in [-0.4, -0.2) is 39.3 Å². The number of hydrogen-bond acceptors (Lipinski definition) is 6. The Morgan fingerprint density at radius 1 is 0.826 bits per heavy atom. The van der Waals surface area contributed by atoms with Gasteiger partial charge in [-0.1, -0.05) is 6.07 Å². The lowest BCUT2D eigenvalue weighted by molar-refractivity contribution is 0.569. The average molecular weight is 353 g/mol. The number of nitrogens with one attached hydrogen (secondary N) is 3. The van der Waals surface area contributed by atoms with Gasteiger partial charge in [0.1, 0.15) is 0 Å². The zero-order valence-corrected chi connectivity index (χ0v) is 15.3. The fraction of sp³-hybridized carbons (Fsp3) is 0.529. The van der Waals surface area contributed by atoms with E-state index in [9.17, 15) is 0 Å². The van der Waals surface area contributed by atoms with Crippen LogP contribution in [0.1, 0.15) is 17.7 Å². The highest BCUT2D eigenvalue weighted by atomic mass is 32.1. The smallest absolute Gasteiger partial charge is 0.0445 e. The Kier molecular flexibility index (Phi) is 9.47. The Labute approximate surface area is 147 Å². The summed E-state index contributed by atoms with van der Waals surface area (Å²) in [6.07, 6.45) is 2.22. The fourth-order valence-electron chi connectivity index (χ4n) is 2.23. The summed E-state index contributed by atoms with van der Waals surface area (Å²) in [5.74, 6) is 0. The SMILES string of the molecule is NCCCNCCNCCCNCc1ccc(-c2cccs2)s1. The molecule has 23 heavy (non-hydrogen) atoms. The minimum absolute atomic E-state index is 0.769.